The van der Waals surface area contributed by atoms with Crippen molar-refractivity contribution in [3.8, 4) is 0 Å². The summed E-state index contributed by atoms with van der Waals surface area (Å²) >= 11 is 0. The maximum atomic E-state index is 12.5. The van der Waals surface area contributed by atoms with Crippen LogP contribution in [0.3, 0.4) is 0 Å². The van der Waals surface area contributed by atoms with Crippen molar-refractivity contribution in [2.75, 3.05) is 24.7 Å². The van der Waals surface area contributed by atoms with Crippen LogP contribution in [0.5, 0.6) is 0 Å². The number of rotatable bonds is 7. The van der Waals surface area contributed by atoms with Crippen LogP contribution >= 0.6 is 0 Å². The van der Waals surface area contributed by atoms with Crippen LogP contribution in [0.4, 0.5) is 0 Å². The van der Waals surface area contributed by atoms with E-state index in [2.05, 4.69) is 0 Å². The summed E-state index contributed by atoms with van der Waals surface area (Å²) in [6.07, 6.45) is 0.644. The number of ketones is 2. The number of fused-ring (bicyclic) bond motifs is 2. The molecule has 152 valence electrons. The summed E-state index contributed by atoms with van der Waals surface area (Å²) in [5.41, 5.74) is 0.356. The summed E-state index contributed by atoms with van der Waals surface area (Å²) < 4.78 is 32.8. The molecule has 1 aromatic carbocycles. The first-order valence-electron chi connectivity index (χ1n) is 8.45. The lowest BCUT2D eigenvalue weighted by atomic mass is 9.88. The molecule has 29 heavy (non-hydrogen) atoms. The first-order valence-corrected chi connectivity index (χ1v) is 10.3. The average Bonchev–Trinajstić information content (AvgIpc) is 3.12. The number of ether oxygens (including phenoxy) is 1. The molecule has 0 amide bonds. The van der Waals surface area contributed by atoms with Crippen LogP contribution in [0.25, 0.3) is 5.76 Å². The Morgan fingerprint density at radius 1 is 1.07 bits per heavy atom. The van der Waals surface area contributed by atoms with E-state index in [1.165, 1.54) is 12.1 Å². The van der Waals surface area contributed by atoms with E-state index in [1.807, 2.05) is 0 Å². The Balaban J connectivity index is 1.74. The maximum absolute atomic E-state index is 12.5. The number of hydrogen-bond acceptors (Lipinski definition) is 9. The SMILES string of the molecule is O=C(/C=C(\O)c1cc2c(o1)C(=O)c1ccccc1C2=O)OCCS(=O)(=O)CCO. The number of carbonyl (C=O) groups excluding carboxylic acids is 3. The molecule has 0 saturated carbocycles. The van der Waals surface area contributed by atoms with Gasteiger partial charge in [-0.3, -0.25) is 9.59 Å². The van der Waals surface area contributed by atoms with E-state index in [-0.39, 0.29) is 28.2 Å². The number of esters is 1. The number of hydrogen-bond donors (Lipinski definition) is 2. The van der Waals surface area contributed by atoms with Gasteiger partial charge in [0.15, 0.2) is 32.9 Å². The standard InChI is InChI=1S/C19H16O9S/c20-5-7-29(25,26)8-6-27-16(22)10-14(21)15-9-13-17(23)11-3-1-2-4-12(11)18(24)19(13)28-15/h1-4,9-10,20-21H,5-8H2/b14-10-. The number of aliphatic hydroxyl groups excluding tert-OH is 2. The molecule has 2 N–H and O–H groups in total. The lowest BCUT2D eigenvalue weighted by molar-refractivity contribution is -0.137. The molecule has 1 aromatic heterocycles. The lowest BCUT2D eigenvalue weighted by Gasteiger charge is -2.11. The van der Waals surface area contributed by atoms with Gasteiger partial charge in [-0.15, -0.1) is 0 Å². The van der Waals surface area contributed by atoms with Gasteiger partial charge in [0.25, 0.3) is 0 Å². The molecule has 2 aromatic rings. The highest BCUT2D eigenvalue weighted by molar-refractivity contribution is 7.91. The maximum Gasteiger partial charge on any atom is 0.334 e. The third-order valence-electron chi connectivity index (χ3n) is 4.15. The van der Waals surface area contributed by atoms with Gasteiger partial charge < -0.3 is 19.4 Å². The van der Waals surface area contributed by atoms with Crippen LogP contribution in [-0.2, 0) is 19.4 Å². The molecule has 0 saturated heterocycles. The van der Waals surface area contributed by atoms with Gasteiger partial charge >= 0.3 is 5.97 Å². The van der Waals surface area contributed by atoms with Gasteiger partial charge in [0.2, 0.25) is 5.78 Å². The fourth-order valence-corrected chi connectivity index (χ4v) is 3.56. The third kappa shape index (κ3) is 4.28. The molecular weight excluding hydrogens is 404 g/mol. The monoisotopic (exact) mass is 420 g/mol. The number of sulfone groups is 1. The minimum Gasteiger partial charge on any atom is -0.504 e. The highest BCUT2D eigenvalue weighted by atomic mass is 32.2. The molecule has 0 fully saturated rings. The summed E-state index contributed by atoms with van der Waals surface area (Å²) in [6.45, 7) is -1.01. The van der Waals surface area contributed by atoms with E-state index in [0.29, 0.717) is 6.08 Å². The molecule has 0 aliphatic heterocycles. The average molecular weight is 420 g/mol. The molecule has 9 nitrogen and oxygen atoms in total. The molecule has 1 heterocycles. The number of benzene rings is 1. The van der Waals surface area contributed by atoms with E-state index >= 15 is 0 Å². The van der Waals surface area contributed by atoms with Crippen molar-refractivity contribution in [2.45, 2.75) is 0 Å². The topological polar surface area (TPSA) is 148 Å². The van der Waals surface area contributed by atoms with E-state index in [0.717, 1.165) is 6.07 Å². The fourth-order valence-electron chi connectivity index (χ4n) is 2.74. The Labute approximate surface area is 165 Å². The Kier molecular flexibility index (Phi) is 5.66. The van der Waals surface area contributed by atoms with Crippen LogP contribution in [0, 0.1) is 0 Å². The van der Waals surface area contributed by atoms with Gasteiger partial charge in [0, 0.05) is 11.1 Å². The first-order chi connectivity index (χ1) is 13.7. The normalized spacial score (nSPS) is 13.8. The van der Waals surface area contributed by atoms with Gasteiger partial charge in [-0.25, -0.2) is 13.2 Å². The molecule has 0 atom stereocenters. The summed E-state index contributed by atoms with van der Waals surface area (Å²) in [5, 5.41) is 18.7. The van der Waals surface area contributed by atoms with E-state index in [4.69, 9.17) is 14.3 Å². The van der Waals surface area contributed by atoms with Gasteiger partial charge in [0.05, 0.1) is 29.8 Å². The van der Waals surface area contributed by atoms with Crippen molar-refractivity contribution in [3.63, 3.8) is 0 Å². The highest BCUT2D eigenvalue weighted by Crippen LogP contribution is 2.31. The van der Waals surface area contributed by atoms with Crippen molar-refractivity contribution in [2.24, 2.45) is 0 Å². The Morgan fingerprint density at radius 2 is 1.72 bits per heavy atom. The second-order valence-electron chi connectivity index (χ2n) is 6.13. The Morgan fingerprint density at radius 3 is 2.38 bits per heavy atom. The second kappa shape index (κ2) is 8.02. The Bertz CT molecular complexity index is 1070. The van der Waals surface area contributed by atoms with E-state index in [9.17, 15) is 27.9 Å². The van der Waals surface area contributed by atoms with Gasteiger partial charge in [-0.2, -0.15) is 0 Å². The molecular formula is C19H16O9S. The highest BCUT2D eigenvalue weighted by Gasteiger charge is 2.34. The van der Waals surface area contributed by atoms with Crippen LogP contribution < -0.4 is 0 Å². The smallest absolute Gasteiger partial charge is 0.334 e. The molecule has 0 spiro atoms. The lowest BCUT2D eigenvalue weighted by Crippen LogP contribution is -2.19. The van der Waals surface area contributed by atoms with Crippen molar-refractivity contribution in [1.29, 1.82) is 0 Å². The summed E-state index contributed by atoms with van der Waals surface area (Å²) in [7, 11) is -3.55. The minimum absolute atomic E-state index is 0.0351. The molecule has 0 bridgehead atoms. The molecule has 0 unspecified atom stereocenters. The first kappa shape index (κ1) is 20.5. The predicted molar refractivity (Wildman–Crippen MR) is 99.3 cm³/mol. The molecule has 1 aliphatic rings. The molecule has 1 aliphatic carbocycles. The predicted octanol–water partition coefficient (Wildman–Crippen LogP) is 0.904. The second-order valence-corrected chi connectivity index (χ2v) is 8.43. The quantitative estimate of drug-likeness (QED) is 0.323. The largest absolute Gasteiger partial charge is 0.504 e. The zero-order valence-corrected chi connectivity index (χ0v) is 15.8. The summed E-state index contributed by atoms with van der Waals surface area (Å²) in [6, 6.07) is 7.36. The third-order valence-corrected chi connectivity index (χ3v) is 5.74. The molecule has 10 heteroatoms. The van der Waals surface area contributed by atoms with Crippen LogP contribution in [0.15, 0.2) is 40.8 Å². The van der Waals surface area contributed by atoms with Gasteiger partial charge in [0.1, 0.15) is 6.61 Å². The zero-order chi connectivity index (χ0) is 21.2. The van der Waals surface area contributed by atoms with Gasteiger partial charge in [-0.1, -0.05) is 24.3 Å². The minimum atomic E-state index is -3.55. The van der Waals surface area contributed by atoms with Crippen molar-refractivity contribution in [3.05, 3.63) is 64.6 Å². The van der Waals surface area contributed by atoms with Crippen LogP contribution in [0.2, 0.25) is 0 Å². The number of aliphatic hydroxyl groups is 2. The molecule has 3 rings (SSSR count). The number of carbonyl (C=O) groups is 3. The van der Waals surface area contributed by atoms with Crippen molar-refractivity contribution in [1.82, 2.24) is 0 Å². The number of furan rings is 1. The van der Waals surface area contributed by atoms with Crippen LogP contribution in [-0.4, -0.2) is 60.9 Å². The van der Waals surface area contributed by atoms with Crippen molar-refractivity contribution >= 4 is 33.1 Å². The zero-order valence-electron chi connectivity index (χ0n) is 15.0. The van der Waals surface area contributed by atoms with Crippen LogP contribution in [0.1, 0.15) is 37.8 Å². The van der Waals surface area contributed by atoms with Crippen molar-refractivity contribution < 1.29 is 42.2 Å². The molecule has 0 radical (unpaired) electrons. The summed E-state index contributed by atoms with van der Waals surface area (Å²) in [4.78, 5) is 36.8. The summed E-state index contributed by atoms with van der Waals surface area (Å²) in [5.74, 6) is -4.16. The fraction of sp³-hybridized carbons (Fsp3) is 0.211. The van der Waals surface area contributed by atoms with E-state index < -0.39 is 57.9 Å². The van der Waals surface area contributed by atoms with E-state index in [1.54, 1.807) is 12.1 Å². The van der Waals surface area contributed by atoms with Gasteiger partial charge in [-0.05, 0) is 6.07 Å². The Hall–Kier alpha value is -3.24.